The number of H-pyrrole nitrogens is 1. The van der Waals surface area contributed by atoms with Gasteiger partial charge in [-0.3, -0.25) is 9.20 Å². The molecule has 0 aliphatic carbocycles. The number of nitrogens with zero attached hydrogens (tertiary/aromatic N) is 4. The Balaban J connectivity index is 1.94. The van der Waals surface area contributed by atoms with Crippen molar-refractivity contribution in [1.29, 1.82) is 5.26 Å². The lowest BCUT2D eigenvalue weighted by Gasteiger charge is -2.04. The Morgan fingerprint density at radius 3 is 2.56 bits per heavy atom. The van der Waals surface area contributed by atoms with Crippen molar-refractivity contribution >= 4 is 28.1 Å². The summed E-state index contributed by atoms with van der Waals surface area (Å²) in [5.41, 5.74) is 3.19. The van der Waals surface area contributed by atoms with Crippen LogP contribution < -0.4 is 10.3 Å². The molecule has 27 heavy (non-hydrogen) atoms. The number of nitriles is 1. The van der Waals surface area contributed by atoms with Gasteiger partial charge in [0.05, 0.1) is 29.4 Å². The van der Waals surface area contributed by atoms with E-state index in [1.165, 1.54) is 4.40 Å². The van der Waals surface area contributed by atoms with Crippen LogP contribution in [0.3, 0.4) is 0 Å². The molecule has 7 heteroatoms. The smallest absolute Gasteiger partial charge is 0.284 e. The van der Waals surface area contributed by atoms with Gasteiger partial charge in [0.2, 0.25) is 0 Å². The minimum atomic E-state index is -0.323. The molecule has 7 nitrogen and oxygen atoms in total. The van der Waals surface area contributed by atoms with Gasteiger partial charge in [-0.05, 0) is 43.3 Å². The van der Waals surface area contributed by atoms with E-state index in [4.69, 9.17) is 4.74 Å². The molecule has 0 aliphatic rings. The number of imidazole rings is 1. The zero-order valence-electron chi connectivity index (χ0n) is 14.7. The zero-order chi connectivity index (χ0) is 19.0. The van der Waals surface area contributed by atoms with E-state index in [0.29, 0.717) is 33.7 Å². The molecule has 4 rings (SSSR count). The largest absolute Gasteiger partial charge is 0.497 e. The third kappa shape index (κ3) is 2.64. The molecule has 0 atom stereocenters. The molecule has 0 spiro atoms. The lowest BCUT2D eigenvalue weighted by molar-refractivity contribution is 0.415. The molecule has 0 fully saturated rings. The fourth-order valence-electron chi connectivity index (χ4n) is 3.04. The van der Waals surface area contributed by atoms with Crippen molar-refractivity contribution in [1.82, 2.24) is 9.38 Å². The van der Waals surface area contributed by atoms with Crippen molar-refractivity contribution in [3.05, 3.63) is 70.0 Å². The number of rotatable bonds is 3. The lowest BCUT2D eigenvalue weighted by Crippen LogP contribution is -2.14. The maximum Gasteiger partial charge on any atom is 0.284 e. The molecule has 2 heterocycles. The van der Waals surface area contributed by atoms with Gasteiger partial charge in [-0.2, -0.15) is 10.4 Å². The number of ether oxygens (including phenoxy) is 1. The van der Waals surface area contributed by atoms with E-state index in [9.17, 15) is 10.1 Å². The average Bonchev–Trinajstić information content (AvgIpc) is 3.08. The van der Waals surface area contributed by atoms with E-state index in [2.05, 4.69) is 21.3 Å². The molecule has 2 aromatic heterocycles. The first-order chi connectivity index (χ1) is 13.1. The Bertz CT molecular complexity index is 1290. The minimum absolute atomic E-state index is 0.143. The van der Waals surface area contributed by atoms with E-state index in [1.54, 1.807) is 38.3 Å². The van der Waals surface area contributed by atoms with Gasteiger partial charge in [0, 0.05) is 5.56 Å². The zero-order valence-corrected chi connectivity index (χ0v) is 14.7. The number of pyridine rings is 1. The topological polar surface area (TPSA) is 95.0 Å². The van der Waals surface area contributed by atoms with Crippen LogP contribution in [0.2, 0.25) is 0 Å². The Morgan fingerprint density at radius 2 is 1.85 bits per heavy atom. The van der Waals surface area contributed by atoms with Gasteiger partial charge in [0.15, 0.2) is 5.69 Å². The number of hydrogen-bond acceptors (Lipinski definition) is 5. The Morgan fingerprint density at radius 1 is 1.11 bits per heavy atom. The monoisotopic (exact) mass is 357 g/mol. The highest BCUT2D eigenvalue weighted by atomic mass is 16.5. The molecule has 0 saturated heterocycles. The van der Waals surface area contributed by atoms with Crippen LogP contribution in [0, 0.1) is 18.3 Å². The molecule has 0 bridgehead atoms. The molecule has 0 radical (unpaired) electrons. The summed E-state index contributed by atoms with van der Waals surface area (Å²) in [4.78, 5) is 16.2. The Hall–Kier alpha value is -3.92. The predicted octanol–water partition coefficient (Wildman–Crippen LogP) is 4.38. The van der Waals surface area contributed by atoms with Gasteiger partial charge < -0.3 is 9.72 Å². The maximum atomic E-state index is 13.1. The molecule has 0 aliphatic heterocycles. The van der Waals surface area contributed by atoms with Crippen LogP contribution in [0.1, 0.15) is 11.1 Å². The van der Waals surface area contributed by atoms with Crippen LogP contribution in [-0.4, -0.2) is 16.5 Å². The highest BCUT2D eigenvalue weighted by molar-refractivity contribution is 5.83. The van der Waals surface area contributed by atoms with Crippen LogP contribution in [-0.2, 0) is 0 Å². The van der Waals surface area contributed by atoms with Crippen LogP contribution in [0.5, 0.6) is 5.75 Å². The first kappa shape index (κ1) is 16.5. The number of aromatic nitrogens is 2. The summed E-state index contributed by atoms with van der Waals surface area (Å²) < 4.78 is 6.59. The van der Waals surface area contributed by atoms with Gasteiger partial charge in [0.25, 0.3) is 5.56 Å². The molecule has 0 unspecified atom stereocenters. The first-order valence-corrected chi connectivity index (χ1v) is 8.26. The van der Waals surface area contributed by atoms with Gasteiger partial charge in [-0.25, -0.2) is 0 Å². The minimum Gasteiger partial charge on any atom is -0.497 e. The second kappa shape index (κ2) is 6.42. The van der Waals surface area contributed by atoms with Crippen molar-refractivity contribution in [2.75, 3.05) is 7.11 Å². The standard InChI is InChI=1S/C20H15N5O2/c1-12-15(11-21)19-22-16-5-3-4-6-17(16)25(19)20(26)18(12)24-23-13-7-9-14(27-2)10-8-13/h3-10,22H,1-2H3. The van der Waals surface area contributed by atoms with E-state index in [-0.39, 0.29) is 11.2 Å². The third-order valence-corrected chi connectivity index (χ3v) is 4.44. The second-order valence-corrected chi connectivity index (χ2v) is 5.99. The highest BCUT2D eigenvalue weighted by Gasteiger charge is 2.18. The molecule has 4 aromatic rings. The average molecular weight is 357 g/mol. The summed E-state index contributed by atoms with van der Waals surface area (Å²) in [6.45, 7) is 1.70. The van der Waals surface area contributed by atoms with Crippen molar-refractivity contribution < 1.29 is 4.74 Å². The Kier molecular flexibility index (Phi) is 3.94. The molecular weight excluding hydrogens is 342 g/mol. The predicted molar refractivity (Wildman–Crippen MR) is 102 cm³/mol. The van der Waals surface area contributed by atoms with Crippen LogP contribution in [0.15, 0.2) is 63.6 Å². The summed E-state index contributed by atoms with van der Waals surface area (Å²) in [7, 11) is 1.58. The maximum absolute atomic E-state index is 13.1. The number of fused-ring (bicyclic) bond motifs is 3. The molecule has 0 saturated carbocycles. The fraction of sp³-hybridized carbons (Fsp3) is 0.100. The van der Waals surface area contributed by atoms with Crippen molar-refractivity contribution in [3.8, 4) is 11.8 Å². The van der Waals surface area contributed by atoms with Crippen LogP contribution in [0.4, 0.5) is 11.4 Å². The SMILES string of the molecule is COc1ccc(N=Nc2c(C)c(C#N)c3[nH]c4ccccc4n3c2=O)cc1. The van der Waals surface area contributed by atoms with Crippen molar-refractivity contribution in [2.24, 2.45) is 10.2 Å². The first-order valence-electron chi connectivity index (χ1n) is 8.26. The van der Waals surface area contributed by atoms with E-state index in [1.807, 2.05) is 24.3 Å². The number of methoxy groups -OCH3 is 1. The number of benzene rings is 2. The molecule has 0 amide bonds. The van der Waals surface area contributed by atoms with Gasteiger partial charge in [-0.1, -0.05) is 12.1 Å². The number of para-hydroxylation sites is 2. The van der Waals surface area contributed by atoms with Crippen molar-refractivity contribution in [3.63, 3.8) is 0 Å². The number of nitrogens with one attached hydrogen (secondary N) is 1. The van der Waals surface area contributed by atoms with Crippen LogP contribution in [0.25, 0.3) is 16.7 Å². The van der Waals surface area contributed by atoms with E-state index < -0.39 is 0 Å². The third-order valence-electron chi connectivity index (χ3n) is 4.44. The summed E-state index contributed by atoms with van der Waals surface area (Å²) in [6, 6.07) is 16.6. The summed E-state index contributed by atoms with van der Waals surface area (Å²) in [5, 5.41) is 17.9. The van der Waals surface area contributed by atoms with E-state index in [0.717, 1.165) is 5.52 Å². The summed E-state index contributed by atoms with van der Waals surface area (Å²) >= 11 is 0. The normalized spacial score (nSPS) is 11.3. The highest BCUT2D eigenvalue weighted by Crippen LogP contribution is 2.26. The quantitative estimate of drug-likeness (QED) is 0.551. The molecule has 1 N–H and O–H groups in total. The summed E-state index contributed by atoms with van der Waals surface area (Å²) in [5.74, 6) is 0.706. The van der Waals surface area contributed by atoms with E-state index >= 15 is 0 Å². The molecule has 132 valence electrons. The number of aromatic amines is 1. The molecular formula is C20H15N5O2. The van der Waals surface area contributed by atoms with Gasteiger partial charge in [-0.15, -0.1) is 5.11 Å². The Labute approximate surface area is 154 Å². The lowest BCUT2D eigenvalue weighted by atomic mass is 10.1. The van der Waals surface area contributed by atoms with Crippen molar-refractivity contribution in [2.45, 2.75) is 6.92 Å². The molecule has 2 aromatic carbocycles. The fourth-order valence-corrected chi connectivity index (χ4v) is 3.04. The second-order valence-electron chi connectivity index (χ2n) is 5.99. The summed E-state index contributed by atoms with van der Waals surface area (Å²) in [6.07, 6.45) is 0. The van der Waals surface area contributed by atoms with Gasteiger partial charge >= 0.3 is 0 Å². The number of hydrogen-bond donors (Lipinski definition) is 1. The number of azo groups is 1. The van der Waals surface area contributed by atoms with Gasteiger partial charge in [0.1, 0.15) is 17.5 Å². The van der Waals surface area contributed by atoms with Crippen LogP contribution >= 0.6 is 0 Å².